The zero-order chi connectivity index (χ0) is 24.3. The largest absolute Gasteiger partial charge is 0.393 e. The predicted octanol–water partition coefficient (Wildman–Crippen LogP) is 1.93. The molecule has 1 aliphatic rings. The van der Waals surface area contributed by atoms with Crippen LogP contribution < -0.4 is 10.5 Å². The van der Waals surface area contributed by atoms with Crippen molar-refractivity contribution in [2.24, 2.45) is 11.1 Å². The van der Waals surface area contributed by atoms with E-state index >= 15 is 0 Å². The highest BCUT2D eigenvalue weighted by Crippen LogP contribution is 2.30. The van der Waals surface area contributed by atoms with Crippen molar-refractivity contribution in [3.8, 4) is 0 Å². The molecule has 4 N–H and O–H groups in total. The van der Waals surface area contributed by atoms with Crippen LogP contribution >= 0.6 is 22.6 Å². The summed E-state index contributed by atoms with van der Waals surface area (Å²) in [4.78, 5) is 21.5. The molecule has 0 saturated heterocycles. The van der Waals surface area contributed by atoms with Gasteiger partial charge in [0.15, 0.2) is 5.78 Å². The van der Waals surface area contributed by atoms with Crippen molar-refractivity contribution in [2.45, 2.75) is 31.5 Å². The zero-order valence-corrected chi connectivity index (χ0v) is 21.0. The van der Waals surface area contributed by atoms with Crippen molar-refractivity contribution >= 4 is 44.5 Å². The molecule has 1 fully saturated rings. The van der Waals surface area contributed by atoms with E-state index in [4.69, 9.17) is 5.14 Å². The molecule has 2 heterocycles. The Morgan fingerprint density at radius 3 is 2.91 bits per heavy atom. The number of aliphatic hydroxyl groups excluding tert-OH is 1. The third-order valence-electron chi connectivity index (χ3n) is 5.67. The highest BCUT2D eigenvalue weighted by atomic mass is 127. The molecule has 34 heavy (non-hydrogen) atoms. The van der Waals surface area contributed by atoms with Gasteiger partial charge in [0.2, 0.25) is 0 Å². The van der Waals surface area contributed by atoms with Crippen molar-refractivity contribution < 1.29 is 22.5 Å². The lowest BCUT2D eigenvalue weighted by molar-refractivity contribution is 0.101. The second-order valence-corrected chi connectivity index (χ2v) is 10.7. The van der Waals surface area contributed by atoms with Gasteiger partial charge in [0, 0.05) is 46.2 Å². The summed E-state index contributed by atoms with van der Waals surface area (Å²) in [7, 11) is -4.08. The summed E-state index contributed by atoms with van der Waals surface area (Å²) in [6, 6.07) is 9.68. The molecule has 0 unspecified atom stereocenters. The molecule has 0 spiro atoms. The Bertz CT molecular complexity index is 1280. The summed E-state index contributed by atoms with van der Waals surface area (Å²) < 4.78 is 29.8. The summed E-state index contributed by atoms with van der Waals surface area (Å²) in [6.45, 7) is 0.435. The molecule has 10 nitrogen and oxygen atoms in total. The van der Waals surface area contributed by atoms with Crippen molar-refractivity contribution in [1.29, 1.82) is 0 Å². The van der Waals surface area contributed by atoms with Crippen LogP contribution in [-0.4, -0.2) is 52.6 Å². The Kier molecular flexibility index (Phi) is 7.62. The van der Waals surface area contributed by atoms with Crippen LogP contribution in [0.1, 0.15) is 34.3 Å². The number of aliphatic hydroxyl groups is 1. The van der Waals surface area contributed by atoms with Crippen LogP contribution in [0.25, 0.3) is 0 Å². The molecule has 3 aromatic rings. The number of anilines is 1. The van der Waals surface area contributed by atoms with Crippen molar-refractivity contribution in [3.05, 3.63) is 75.5 Å². The second kappa shape index (κ2) is 10.5. The van der Waals surface area contributed by atoms with Crippen LogP contribution in [0.4, 0.5) is 5.82 Å². The van der Waals surface area contributed by atoms with E-state index in [1.807, 2.05) is 29.0 Å². The van der Waals surface area contributed by atoms with Gasteiger partial charge >= 0.3 is 10.3 Å². The van der Waals surface area contributed by atoms with Gasteiger partial charge < -0.3 is 15.0 Å². The summed E-state index contributed by atoms with van der Waals surface area (Å²) in [5.74, 6) is -0.278. The quantitative estimate of drug-likeness (QED) is 0.250. The summed E-state index contributed by atoms with van der Waals surface area (Å²) in [5, 5.41) is 18.3. The fourth-order valence-electron chi connectivity index (χ4n) is 4.06. The van der Waals surface area contributed by atoms with Gasteiger partial charge in [-0.25, -0.2) is 15.1 Å². The van der Waals surface area contributed by atoms with Gasteiger partial charge in [-0.05, 0) is 59.2 Å². The SMILES string of the molecule is NS(=O)(=O)OC[C@H]1C[C@@H](Nc2ncncc2C(=O)c2ccn(Cc3cccc(I)c3)c2)C[C@@H]1O. The Morgan fingerprint density at radius 2 is 2.15 bits per heavy atom. The Hall–Kier alpha value is -2.39. The number of rotatable bonds is 9. The Morgan fingerprint density at radius 1 is 1.32 bits per heavy atom. The van der Waals surface area contributed by atoms with E-state index in [1.54, 1.807) is 12.3 Å². The van der Waals surface area contributed by atoms with E-state index in [-0.39, 0.29) is 18.4 Å². The van der Waals surface area contributed by atoms with E-state index in [9.17, 15) is 18.3 Å². The van der Waals surface area contributed by atoms with E-state index in [2.05, 4.69) is 48.1 Å². The van der Waals surface area contributed by atoms with Gasteiger partial charge in [-0.2, -0.15) is 8.42 Å². The summed E-state index contributed by atoms with van der Waals surface area (Å²) in [5.41, 5.74) is 1.95. The van der Waals surface area contributed by atoms with Crippen molar-refractivity contribution in [3.63, 3.8) is 0 Å². The first-order valence-corrected chi connectivity index (χ1v) is 13.1. The number of carbonyl (C=O) groups excluding carboxylic acids is 1. The van der Waals surface area contributed by atoms with Gasteiger partial charge in [-0.3, -0.25) is 8.98 Å². The first kappa shape index (κ1) is 24.7. The smallest absolute Gasteiger partial charge is 0.333 e. The average Bonchev–Trinajstić information content (AvgIpc) is 3.38. The maximum atomic E-state index is 13.2. The molecular formula is C22H24IN5O5S. The third kappa shape index (κ3) is 6.39. The monoisotopic (exact) mass is 597 g/mol. The molecule has 180 valence electrons. The van der Waals surface area contributed by atoms with Crippen LogP contribution in [-0.2, 0) is 21.0 Å². The highest BCUT2D eigenvalue weighted by Gasteiger charge is 2.34. The van der Waals surface area contributed by atoms with E-state index in [0.29, 0.717) is 36.3 Å². The van der Waals surface area contributed by atoms with Crippen molar-refractivity contribution in [1.82, 2.24) is 14.5 Å². The molecule has 1 aromatic carbocycles. The van der Waals surface area contributed by atoms with E-state index < -0.39 is 22.3 Å². The minimum Gasteiger partial charge on any atom is -0.393 e. The number of carbonyl (C=O) groups is 1. The van der Waals surface area contributed by atoms with Crippen LogP contribution in [0.3, 0.4) is 0 Å². The molecular weight excluding hydrogens is 573 g/mol. The Balaban J connectivity index is 1.44. The molecule has 0 aliphatic heterocycles. The number of benzene rings is 1. The summed E-state index contributed by atoms with van der Waals surface area (Å²) in [6.07, 6.45) is 6.46. The second-order valence-electron chi connectivity index (χ2n) is 8.23. The zero-order valence-electron chi connectivity index (χ0n) is 18.0. The van der Waals surface area contributed by atoms with Crippen LogP contribution in [0.5, 0.6) is 0 Å². The fraction of sp³-hybridized carbons (Fsp3) is 0.318. The van der Waals surface area contributed by atoms with Gasteiger partial charge in [-0.1, -0.05) is 12.1 Å². The Labute approximate surface area is 211 Å². The van der Waals surface area contributed by atoms with Gasteiger partial charge in [0.05, 0.1) is 18.3 Å². The first-order chi connectivity index (χ1) is 16.2. The highest BCUT2D eigenvalue weighted by molar-refractivity contribution is 14.1. The van der Waals surface area contributed by atoms with Gasteiger partial charge in [0.25, 0.3) is 0 Å². The van der Waals surface area contributed by atoms with E-state index in [1.165, 1.54) is 12.5 Å². The number of hydrogen-bond donors (Lipinski definition) is 3. The number of halogens is 1. The molecule has 1 saturated carbocycles. The molecule has 3 atom stereocenters. The number of ketones is 1. The maximum absolute atomic E-state index is 13.2. The number of nitrogens with two attached hydrogens (primary N) is 1. The number of nitrogens with one attached hydrogen (secondary N) is 1. The predicted molar refractivity (Wildman–Crippen MR) is 133 cm³/mol. The molecule has 0 bridgehead atoms. The molecule has 12 heteroatoms. The normalized spacial score (nSPS) is 20.4. The lowest BCUT2D eigenvalue weighted by Gasteiger charge is -2.15. The van der Waals surface area contributed by atoms with Crippen molar-refractivity contribution in [2.75, 3.05) is 11.9 Å². The molecule has 4 rings (SSSR count). The van der Waals surface area contributed by atoms with Crippen LogP contribution in [0.15, 0.2) is 55.2 Å². The minimum atomic E-state index is -4.08. The van der Waals surface area contributed by atoms with Crippen LogP contribution in [0.2, 0.25) is 0 Å². The maximum Gasteiger partial charge on any atom is 0.333 e. The summed E-state index contributed by atoms with van der Waals surface area (Å²) >= 11 is 2.27. The standard InChI is InChI=1S/C22H24IN5O5S/c23-17-3-1-2-14(6-17)10-28-5-4-15(11-28)21(30)19-9-25-13-26-22(19)27-18-7-16(20(29)8-18)12-33-34(24,31)32/h1-6,9,11,13,16,18,20,29H,7-8,10,12H2,(H2,24,31,32)(H,25,26,27)/t16-,18-,20+/m1/s1. The van der Waals surface area contributed by atoms with Crippen LogP contribution in [0, 0.1) is 9.49 Å². The number of nitrogens with zero attached hydrogens (tertiary/aromatic N) is 3. The topological polar surface area (TPSA) is 149 Å². The minimum absolute atomic E-state index is 0.207. The number of hydrogen-bond acceptors (Lipinski definition) is 8. The van der Waals surface area contributed by atoms with E-state index in [0.717, 1.165) is 9.13 Å². The van der Waals surface area contributed by atoms with Gasteiger partial charge in [0.1, 0.15) is 12.1 Å². The van der Waals surface area contributed by atoms with Gasteiger partial charge in [-0.15, -0.1) is 0 Å². The molecule has 0 radical (unpaired) electrons. The lowest BCUT2D eigenvalue weighted by Crippen LogP contribution is -2.24. The first-order valence-electron chi connectivity index (χ1n) is 10.5. The molecule has 2 aromatic heterocycles. The third-order valence-corrected chi connectivity index (χ3v) is 6.80. The number of aromatic nitrogens is 3. The fourth-order valence-corrected chi connectivity index (χ4v) is 5.03. The molecule has 1 aliphatic carbocycles. The lowest BCUT2D eigenvalue weighted by atomic mass is 10.1. The average molecular weight is 597 g/mol. The molecule has 0 amide bonds.